The molecule has 0 fully saturated rings. The van der Waals surface area contributed by atoms with E-state index in [1.165, 1.54) is 16.5 Å². The maximum atomic E-state index is 8.72. The van der Waals surface area contributed by atoms with Crippen LogP contribution >= 0.6 is 0 Å². The first-order valence-corrected chi connectivity index (χ1v) is 7.33. The van der Waals surface area contributed by atoms with Crippen LogP contribution in [0.4, 0.5) is 0 Å². The molecule has 0 unspecified atom stereocenters. The second kappa shape index (κ2) is 8.04. The van der Waals surface area contributed by atoms with Gasteiger partial charge in [0, 0.05) is 30.2 Å². The summed E-state index contributed by atoms with van der Waals surface area (Å²) in [5, 5.41) is 13.5. The summed E-state index contributed by atoms with van der Waals surface area (Å²) in [6.07, 6.45) is 3.35. The van der Waals surface area contributed by atoms with Gasteiger partial charge in [0.05, 0.1) is 19.8 Å². The zero-order valence-corrected chi connectivity index (χ0v) is 12.1. The highest BCUT2D eigenvalue weighted by Gasteiger charge is 2.07. The number of benzene rings is 1. The predicted octanol–water partition coefficient (Wildman–Crippen LogP) is 2.15. The van der Waals surface area contributed by atoms with Gasteiger partial charge in [-0.3, -0.25) is 0 Å². The van der Waals surface area contributed by atoms with Crippen molar-refractivity contribution in [1.29, 1.82) is 0 Å². The SMILES string of the molecule is CCCNCc1cn(CCOCCO)c2ccccc12. The highest BCUT2D eigenvalue weighted by atomic mass is 16.5. The van der Waals surface area contributed by atoms with E-state index in [1.54, 1.807) is 0 Å². The number of ether oxygens (including phenoxy) is 1. The van der Waals surface area contributed by atoms with Crippen LogP contribution in [0.2, 0.25) is 0 Å². The van der Waals surface area contributed by atoms with Gasteiger partial charge in [0.1, 0.15) is 0 Å². The Kier molecular flexibility index (Phi) is 6.05. The molecule has 0 spiro atoms. The first kappa shape index (κ1) is 15.0. The summed E-state index contributed by atoms with van der Waals surface area (Å²) >= 11 is 0. The first-order chi connectivity index (χ1) is 9.86. The minimum absolute atomic E-state index is 0.0820. The van der Waals surface area contributed by atoms with E-state index in [1.807, 2.05) is 0 Å². The molecule has 0 amide bonds. The van der Waals surface area contributed by atoms with Crippen LogP contribution in [0.1, 0.15) is 18.9 Å². The highest BCUT2D eigenvalue weighted by molar-refractivity contribution is 5.83. The van der Waals surface area contributed by atoms with Crippen LogP contribution in [0.3, 0.4) is 0 Å². The van der Waals surface area contributed by atoms with Crippen molar-refractivity contribution in [2.75, 3.05) is 26.4 Å². The Morgan fingerprint density at radius 3 is 2.90 bits per heavy atom. The van der Waals surface area contributed by atoms with Gasteiger partial charge in [-0.25, -0.2) is 0 Å². The van der Waals surface area contributed by atoms with Gasteiger partial charge in [0.15, 0.2) is 0 Å². The Hall–Kier alpha value is -1.36. The van der Waals surface area contributed by atoms with E-state index in [4.69, 9.17) is 9.84 Å². The second-order valence-electron chi connectivity index (χ2n) is 4.88. The summed E-state index contributed by atoms with van der Waals surface area (Å²) in [4.78, 5) is 0. The van der Waals surface area contributed by atoms with Crippen LogP contribution in [-0.2, 0) is 17.8 Å². The normalized spacial score (nSPS) is 11.3. The van der Waals surface area contributed by atoms with Crippen molar-refractivity contribution in [3.63, 3.8) is 0 Å². The summed E-state index contributed by atoms with van der Waals surface area (Å²) < 4.78 is 7.59. The van der Waals surface area contributed by atoms with Crippen LogP contribution in [-0.4, -0.2) is 36.0 Å². The molecule has 1 aromatic heterocycles. The van der Waals surface area contributed by atoms with E-state index in [9.17, 15) is 0 Å². The lowest BCUT2D eigenvalue weighted by atomic mass is 10.2. The van der Waals surface area contributed by atoms with Crippen LogP contribution in [0.5, 0.6) is 0 Å². The number of aliphatic hydroxyl groups is 1. The third-order valence-corrected chi connectivity index (χ3v) is 3.33. The van der Waals surface area contributed by atoms with Gasteiger partial charge in [-0.1, -0.05) is 25.1 Å². The summed E-state index contributed by atoms with van der Waals surface area (Å²) in [5.74, 6) is 0. The maximum absolute atomic E-state index is 8.72. The van der Waals surface area contributed by atoms with Crippen molar-refractivity contribution in [3.8, 4) is 0 Å². The average Bonchev–Trinajstić information content (AvgIpc) is 2.83. The topological polar surface area (TPSA) is 46.4 Å². The van der Waals surface area contributed by atoms with E-state index in [0.717, 1.165) is 26.1 Å². The van der Waals surface area contributed by atoms with Crippen LogP contribution in [0.25, 0.3) is 10.9 Å². The number of aliphatic hydroxyl groups excluding tert-OH is 1. The van der Waals surface area contributed by atoms with Crippen LogP contribution in [0.15, 0.2) is 30.5 Å². The largest absolute Gasteiger partial charge is 0.394 e. The summed E-state index contributed by atoms with van der Waals surface area (Å²) in [5.41, 5.74) is 2.57. The maximum Gasteiger partial charge on any atom is 0.0698 e. The zero-order valence-electron chi connectivity index (χ0n) is 12.1. The molecule has 110 valence electrons. The van der Waals surface area contributed by atoms with Gasteiger partial charge in [0.25, 0.3) is 0 Å². The van der Waals surface area contributed by atoms with Crippen LogP contribution in [0, 0.1) is 0 Å². The molecule has 0 saturated carbocycles. The zero-order chi connectivity index (χ0) is 14.2. The Morgan fingerprint density at radius 1 is 1.25 bits per heavy atom. The van der Waals surface area contributed by atoms with E-state index in [0.29, 0.717) is 13.2 Å². The van der Waals surface area contributed by atoms with Gasteiger partial charge in [-0.2, -0.15) is 0 Å². The molecule has 1 heterocycles. The van der Waals surface area contributed by atoms with Crippen molar-refractivity contribution in [2.24, 2.45) is 0 Å². The number of rotatable bonds is 9. The van der Waals surface area contributed by atoms with Crippen molar-refractivity contribution in [3.05, 3.63) is 36.0 Å². The molecule has 0 aliphatic heterocycles. The van der Waals surface area contributed by atoms with Crippen molar-refractivity contribution in [2.45, 2.75) is 26.4 Å². The molecule has 2 N–H and O–H groups in total. The van der Waals surface area contributed by atoms with Gasteiger partial charge in [-0.05, 0) is 24.6 Å². The lowest BCUT2D eigenvalue weighted by molar-refractivity contribution is 0.0875. The monoisotopic (exact) mass is 276 g/mol. The molecule has 0 saturated heterocycles. The first-order valence-electron chi connectivity index (χ1n) is 7.33. The fourth-order valence-corrected chi connectivity index (χ4v) is 2.38. The molecule has 0 radical (unpaired) electrons. The van der Waals surface area contributed by atoms with E-state index < -0.39 is 0 Å². The Bertz CT molecular complexity index is 522. The lowest BCUT2D eigenvalue weighted by Gasteiger charge is -2.05. The fourth-order valence-electron chi connectivity index (χ4n) is 2.38. The minimum Gasteiger partial charge on any atom is -0.394 e. The third kappa shape index (κ3) is 3.82. The molecular weight excluding hydrogens is 252 g/mol. The molecule has 4 heteroatoms. The third-order valence-electron chi connectivity index (χ3n) is 3.33. The highest BCUT2D eigenvalue weighted by Crippen LogP contribution is 2.21. The van der Waals surface area contributed by atoms with Crippen molar-refractivity contribution < 1.29 is 9.84 Å². The Labute approximate surface area is 120 Å². The average molecular weight is 276 g/mol. The number of hydrogen-bond acceptors (Lipinski definition) is 3. The van der Waals surface area contributed by atoms with Gasteiger partial charge >= 0.3 is 0 Å². The Balaban J connectivity index is 2.09. The minimum atomic E-state index is 0.0820. The molecule has 4 nitrogen and oxygen atoms in total. The quantitative estimate of drug-likeness (QED) is 0.690. The molecule has 2 rings (SSSR count). The number of para-hydroxylation sites is 1. The second-order valence-corrected chi connectivity index (χ2v) is 4.88. The number of nitrogens with zero attached hydrogens (tertiary/aromatic N) is 1. The van der Waals surface area contributed by atoms with Gasteiger partial charge in [-0.15, -0.1) is 0 Å². The molecule has 0 aliphatic carbocycles. The molecule has 0 aliphatic rings. The smallest absolute Gasteiger partial charge is 0.0698 e. The summed E-state index contributed by atoms with van der Waals surface area (Å²) in [7, 11) is 0. The lowest BCUT2D eigenvalue weighted by Crippen LogP contribution is -2.13. The number of aromatic nitrogens is 1. The van der Waals surface area contributed by atoms with Crippen molar-refractivity contribution >= 4 is 10.9 Å². The van der Waals surface area contributed by atoms with E-state index >= 15 is 0 Å². The molecule has 0 atom stereocenters. The molecular formula is C16H24N2O2. The van der Waals surface area contributed by atoms with Gasteiger partial charge in [0.2, 0.25) is 0 Å². The summed E-state index contributed by atoms with van der Waals surface area (Å²) in [6, 6.07) is 8.46. The fraction of sp³-hybridized carbons (Fsp3) is 0.500. The molecule has 1 aromatic carbocycles. The van der Waals surface area contributed by atoms with E-state index in [-0.39, 0.29) is 6.61 Å². The Morgan fingerprint density at radius 2 is 2.10 bits per heavy atom. The standard InChI is InChI=1S/C16H24N2O2/c1-2-7-17-12-14-13-18(8-10-20-11-9-19)16-6-4-3-5-15(14)16/h3-6,13,17,19H,2,7-12H2,1H3. The number of hydrogen-bond donors (Lipinski definition) is 2. The molecule has 0 bridgehead atoms. The molecule has 2 aromatic rings. The predicted molar refractivity (Wildman–Crippen MR) is 81.8 cm³/mol. The van der Waals surface area contributed by atoms with E-state index in [2.05, 4.69) is 47.3 Å². The number of fused-ring (bicyclic) bond motifs is 1. The van der Waals surface area contributed by atoms with Gasteiger partial charge < -0.3 is 19.7 Å². The summed E-state index contributed by atoms with van der Waals surface area (Å²) in [6.45, 7) is 6.05. The molecule has 20 heavy (non-hydrogen) atoms. The van der Waals surface area contributed by atoms with Crippen molar-refractivity contribution in [1.82, 2.24) is 9.88 Å². The van der Waals surface area contributed by atoms with Crippen LogP contribution < -0.4 is 5.32 Å². The number of nitrogens with one attached hydrogen (secondary N) is 1.